The lowest BCUT2D eigenvalue weighted by atomic mass is 9.79. The Hall–Kier alpha value is -7.48. The van der Waals surface area contributed by atoms with Crippen LogP contribution in [0.5, 0.6) is 51.7 Å². The van der Waals surface area contributed by atoms with Crippen molar-refractivity contribution in [2.24, 2.45) is 0 Å². The van der Waals surface area contributed by atoms with Gasteiger partial charge in [-0.05, 0) is 65.7 Å². The van der Waals surface area contributed by atoms with Crippen molar-refractivity contribution in [3.8, 4) is 51.7 Å². The molecule has 0 spiro atoms. The minimum atomic E-state index is -3.11. The maximum Gasteiger partial charge on any atom is 0.357 e. The number of hydrogen-bond donors (Lipinski definition) is 10. The molecule has 3 aliphatic rings. The Bertz CT molecular complexity index is 2480. The number of aliphatic hydroxyl groups is 3. The molecule has 0 amide bonds. The molecular weight excluding hydrogens is 784 g/mol. The van der Waals surface area contributed by atoms with Gasteiger partial charge in [-0.2, -0.15) is 0 Å². The minimum Gasteiger partial charge on any atom is -0.508 e. The first-order valence-electron chi connectivity index (χ1n) is 17.3. The van der Waals surface area contributed by atoms with Crippen LogP contribution < -0.4 is 14.2 Å². The quantitative estimate of drug-likeness (QED) is 0.0691. The number of aromatic hydroxyl groups is 6. The molecule has 1 fully saturated rings. The zero-order chi connectivity index (χ0) is 42.6. The highest BCUT2D eigenvalue weighted by molar-refractivity contribution is 6.08. The highest BCUT2D eigenvalue weighted by atomic mass is 16.8. The normalized spacial score (nSPS) is 25.7. The second kappa shape index (κ2) is 14.5. The summed E-state index contributed by atoms with van der Waals surface area (Å²) in [4.78, 5) is 51.6. The van der Waals surface area contributed by atoms with Gasteiger partial charge < -0.3 is 74.7 Å². The largest absolute Gasteiger partial charge is 0.508 e. The van der Waals surface area contributed by atoms with Crippen molar-refractivity contribution < 1.29 is 93.9 Å². The first-order chi connectivity index (χ1) is 27.8. The number of aliphatic hydroxyl groups excluding tert-OH is 1. The van der Waals surface area contributed by atoms with Crippen LogP contribution in [-0.2, 0) is 29.6 Å². The third-order valence-corrected chi connectivity index (χ3v) is 9.71. The van der Waals surface area contributed by atoms with E-state index in [1.165, 1.54) is 36.4 Å². The van der Waals surface area contributed by atoms with E-state index < -0.39 is 118 Å². The van der Waals surface area contributed by atoms with E-state index >= 15 is 0 Å². The van der Waals surface area contributed by atoms with Crippen molar-refractivity contribution in [1.29, 1.82) is 0 Å². The number of ketones is 1. The zero-order valence-electron chi connectivity index (χ0n) is 30.0. The van der Waals surface area contributed by atoms with Gasteiger partial charge in [0.2, 0.25) is 0 Å². The van der Waals surface area contributed by atoms with Gasteiger partial charge in [0.25, 0.3) is 5.78 Å². The molecule has 0 radical (unpaired) electrons. The van der Waals surface area contributed by atoms with Gasteiger partial charge >= 0.3 is 29.5 Å². The van der Waals surface area contributed by atoms with Crippen LogP contribution in [0.25, 0.3) is 12.2 Å². The fraction of sp³-hybridized carbons (Fsp3) is 0.200. The molecular formula is C40H32O19. The van der Waals surface area contributed by atoms with E-state index in [0.717, 1.165) is 54.6 Å². The average Bonchev–Trinajstić information content (AvgIpc) is 3.16. The van der Waals surface area contributed by atoms with Crippen molar-refractivity contribution in [3.05, 3.63) is 101 Å². The third kappa shape index (κ3) is 7.09. The van der Waals surface area contributed by atoms with Crippen molar-refractivity contribution >= 4 is 35.8 Å². The number of esters is 2. The summed E-state index contributed by atoms with van der Waals surface area (Å²) in [6.45, 7) is 0. The van der Waals surface area contributed by atoms with Gasteiger partial charge in [0.15, 0.2) is 46.2 Å². The van der Waals surface area contributed by atoms with Crippen LogP contribution in [0.3, 0.4) is 0 Å². The summed E-state index contributed by atoms with van der Waals surface area (Å²) < 4.78 is 28.6. The van der Waals surface area contributed by atoms with E-state index in [1.54, 1.807) is 0 Å². The molecule has 19 heteroatoms. The summed E-state index contributed by atoms with van der Waals surface area (Å²) in [7, 11) is 0. The number of aliphatic carboxylic acids is 1. The summed E-state index contributed by atoms with van der Waals surface area (Å²) in [5.41, 5.74) is -2.99. The molecule has 2 heterocycles. The van der Waals surface area contributed by atoms with Crippen LogP contribution in [-0.4, -0.2) is 104 Å². The van der Waals surface area contributed by atoms with E-state index in [4.69, 9.17) is 23.7 Å². The summed E-state index contributed by atoms with van der Waals surface area (Å²) in [6.07, 6.45) is -2.67. The van der Waals surface area contributed by atoms with Crippen molar-refractivity contribution in [3.63, 3.8) is 0 Å². The molecule has 4 aromatic carbocycles. The number of phenolic OH excluding ortho intramolecular Hbond substituents is 6. The predicted octanol–water partition coefficient (Wildman–Crippen LogP) is 2.03. The first kappa shape index (κ1) is 39.7. The highest BCUT2D eigenvalue weighted by Gasteiger charge is 2.71. The number of rotatable bonds is 8. The van der Waals surface area contributed by atoms with Gasteiger partial charge in [-0.3, -0.25) is 4.79 Å². The lowest BCUT2D eigenvalue weighted by Crippen LogP contribution is -2.70. The molecule has 0 saturated heterocycles. The second-order valence-electron chi connectivity index (χ2n) is 13.7. The molecule has 306 valence electrons. The fourth-order valence-corrected chi connectivity index (χ4v) is 6.80. The Morgan fingerprint density at radius 3 is 1.93 bits per heavy atom. The minimum absolute atomic E-state index is 0.175. The van der Waals surface area contributed by atoms with Crippen molar-refractivity contribution in [2.45, 2.75) is 48.3 Å². The molecule has 2 aliphatic heterocycles. The summed E-state index contributed by atoms with van der Waals surface area (Å²) >= 11 is 0. The highest BCUT2D eigenvalue weighted by Crippen LogP contribution is 2.55. The van der Waals surface area contributed by atoms with Crippen molar-refractivity contribution in [2.75, 3.05) is 0 Å². The molecule has 7 rings (SSSR count). The second-order valence-corrected chi connectivity index (χ2v) is 13.7. The summed E-state index contributed by atoms with van der Waals surface area (Å²) in [5.74, 6) is -15.5. The number of carbonyl (C=O) groups is 4. The van der Waals surface area contributed by atoms with E-state index in [9.17, 15) is 70.2 Å². The monoisotopic (exact) mass is 816 g/mol. The first-order valence-corrected chi connectivity index (χ1v) is 17.3. The lowest BCUT2D eigenvalue weighted by molar-refractivity contribution is -0.316. The Morgan fingerprint density at radius 1 is 0.661 bits per heavy atom. The van der Waals surface area contributed by atoms with Gasteiger partial charge in [-0.25, -0.2) is 14.4 Å². The Morgan fingerprint density at radius 2 is 1.27 bits per heavy atom. The molecule has 59 heavy (non-hydrogen) atoms. The fourth-order valence-electron chi connectivity index (χ4n) is 6.80. The molecule has 4 aromatic rings. The molecule has 2 unspecified atom stereocenters. The molecule has 10 N–H and O–H groups in total. The van der Waals surface area contributed by atoms with Gasteiger partial charge in [-0.1, -0.05) is 12.1 Å². The van der Waals surface area contributed by atoms with E-state index in [-0.39, 0.29) is 28.2 Å². The topological polar surface area (TPSA) is 317 Å². The smallest absolute Gasteiger partial charge is 0.357 e. The number of Topliss-reactive ketones (excluding diaryl/α,β-unsaturated/α-hetero) is 1. The molecule has 1 aliphatic carbocycles. The van der Waals surface area contributed by atoms with Gasteiger partial charge in [0.1, 0.15) is 28.9 Å². The molecule has 19 nitrogen and oxygen atoms in total. The number of ether oxygens (including phenoxy) is 5. The standard InChI is InChI=1S/C40H32O19/c41-21-14-26(46)34-30(15-21)59-40(20-5-7-23(43)25(45)13-20)39(54,36(34)50)57-28-8-2-19(12-29(28)58-40)4-10-33(49)56-35-27(47)16-38(53,37(51)52)17-31(35)55-32(48)9-3-18-1-6-22(42)24(44)11-18/h1-15,27,31,35,41-47,53-54H,16-17H2,(H,51,52)/b9-3+,10-4+/t27-,31-,35-,38+,39?,40?/m1/s1. The van der Waals surface area contributed by atoms with Crippen LogP contribution in [0, 0.1) is 0 Å². The summed E-state index contributed by atoms with van der Waals surface area (Å²) in [5, 5.41) is 103. The van der Waals surface area contributed by atoms with Crippen LogP contribution >= 0.6 is 0 Å². The molecule has 1 saturated carbocycles. The predicted molar refractivity (Wildman–Crippen MR) is 194 cm³/mol. The maximum atomic E-state index is 13.9. The molecule has 0 bridgehead atoms. The van der Waals surface area contributed by atoms with Crippen LogP contribution in [0.4, 0.5) is 0 Å². The third-order valence-electron chi connectivity index (χ3n) is 9.71. The van der Waals surface area contributed by atoms with E-state index in [2.05, 4.69) is 0 Å². The number of phenols is 6. The van der Waals surface area contributed by atoms with Crippen LogP contribution in [0.2, 0.25) is 0 Å². The van der Waals surface area contributed by atoms with E-state index in [1.807, 2.05) is 0 Å². The zero-order valence-corrected chi connectivity index (χ0v) is 30.0. The Kier molecular flexibility index (Phi) is 9.75. The van der Waals surface area contributed by atoms with Crippen LogP contribution in [0.15, 0.2) is 78.9 Å². The average molecular weight is 817 g/mol. The van der Waals surface area contributed by atoms with Gasteiger partial charge in [0.05, 0.1) is 6.10 Å². The summed E-state index contributed by atoms with van der Waals surface area (Å²) in [6, 6.07) is 12.3. The number of carboxylic acid groups (broad SMARTS) is 1. The number of hydrogen-bond acceptors (Lipinski definition) is 18. The maximum absolute atomic E-state index is 13.9. The number of benzene rings is 4. The molecule has 0 aromatic heterocycles. The number of carboxylic acids is 1. The Balaban J connectivity index is 1.14. The van der Waals surface area contributed by atoms with Gasteiger partial charge in [-0.15, -0.1) is 0 Å². The number of fused-ring (bicyclic) bond motifs is 3. The lowest BCUT2D eigenvalue weighted by Gasteiger charge is -2.50. The van der Waals surface area contributed by atoms with Crippen molar-refractivity contribution in [1.82, 2.24) is 0 Å². The number of carbonyl (C=O) groups excluding carboxylic acids is 3. The van der Waals surface area contributed by atoms with Crippen LogP contribution in [0.1, 0.15) is 39.9 Å². The molecule has 6 atom stereocenters. The van der Waals surface area contributed by atoms with E-state index in [0.29, 0.717) is 0 Å². The van der Waals surface area contributed by atoms with Gasteiger partial charge in [0, 0.05) is 42.7 Å². The SMILES string of the molecule is O=C(/C=C/c1ccc2c(c1)OC1(c3ccc(O)c(O)c3)Oc3cc(O)cc(O)c3C(=O)C1(O)O2)O[C@@H]1[C@H](O)C[C@@](O)(C(=O)O)C[C@H]1OC(=O)/C=C/c1ccc(O)c(O)c1. The Labute approximate surface area is 330 Å².